The summed E-state index contributed by atoms with van der Waals surface area (Å²) in [7, 11) is 0. The van der Waals surface area contributed by atoms with Crippen molar-refractivity contribution < 1.29 is 0 Å². The molecule has 0 unspecified atom stereocenters. The van der Waals surface area contributed by atoms with Gasteiger partial charge in [-0.1, -0.05) is 0 Å². The highest BCUT2D eigenvalue weighted by atomic mass is 32.1. The van der Waals surface area contributed by atoms with E-state index in [0.29, 0.717) is 10.8 Å². The normalized spacial score (nSPS) is 11.1. The SMILES string of the molecule is CC(C)n1c(-c2cncs2)n[nH]c1=S. The largest absolute Gasteiger partial charge is 0.297 e. The number of hydrogen-bond acceptors (Lipinski definition) is 4. The second kappa shape index (κ2) is 3.62. The number of rotatable bonds is 2. The quantitative estimate of drug-likeness (QED) is 0.801. The third kappa shape index (κ3) is 1.51. The molecule has 6 heteroatoms. The van der Waals surface area contributed by atoms with E-state index in [9.17, 15) is 0 Å². The summed E-state index contributed by atoms with van der Waals surface area (Å²) in [6, 6.07) is 0.304. The zero-order valence-corrected chi connectivity index (χ0v) is 9.52. The molecule has 2 heterocycles. The van der Waals surface area contributed by atoms with Gasteiger partial charge in [-0.2, -0.15) is 5.10 Å². The minimum atomic E-state index is 0.304. The molecule has 0 amide bonds. The molecule has 0 saturated carbocycles. The zero-order valence-electron chi connectivity index (χ0n) is 7.89. The Hall–Kier alpha value is -1.01. The fraction of sp³-hybridized carbons (Fsp3) is 0.375. The first-order valence-electron chi connectivity index (χ1n) is 4.26. The Kier molecular flexibility index (Phi) is 2.47. The van der Waals surface area contributed by atoms with E-state index in [1.807, 2.05) is 4.57 Å². The van der Waals surface area contributed by atoms with Gasteiger partial charge in [0.2, 0.25) is 0 Å². The highest BCUT2D eigenvalue weighted by molar-refractivity contribution is 7.71. The highest BCUT2D eigenvalue weighted by Gasteiger charge is 2.11. The number of aromatic amines is 1. The number of nitrogens with zero attached hydrogens (tertiary/aromatic N) is 3. The summed E-state index contributed by atoms with van der Waals surface area (Å²) in [4.78, 5) is 5.06. The smallest absolute Gasteiger partial charge is 0.195 e. The Morgan fingerprint density at radius 3 is 2.93 bits per heavy atom. The van der Waals surface area contributed by atoms with Crippen LogP contribution in [0, 0.1) is 4.77 Å². The highest BCUT2D eigenvalue weighted by Crippen LogP contribution is 2.23. The minimum Gasteiger partial charge on any atom is -0.297 e. The predicted molar refractivity (Wildman–Crippen MR) is 58.9 cm³/mol. The summed E-state index contributed by atoms with van der Waals surface area (Å²) in [5, 5.41) is 7.00. The van der Waals surface area contributed by atoms with Crippen LogP contribution in [-0.4, -0.2) is 19.7 Å². The van der Waals surface area contributed by atoms with Crippen molar-refractivity contribution in [1.29, 1.82) is 0 Å². The molecule has 0 aliphatic heterocycles. The molecule has 0 aliphatic rings. The van der Waals surface area contributed by atoms with Crippen LogP contribution in [0.5, 0.6) is 0 Å². The van der Waals surface area contributed by atoms with Gasteiger partial charge < -0.3 is 0 Å². The summed E-state index contributed by atoms with van der Waals surface area (Å²) < 4.78 is 2.64. The van der Waals surface area contributed by atoms with E-state index >= 15 is 0 Å². The minimum absolute atomic E-state index is 0.304. The zero-order chi connectivity index (χ0) is 10.1. The van der Waals surface area contributed by atoms with E-state index in [2.05, 4.69) is 29.0 Å². The predicted octanol–water partition coefficient (Wildman–Crippen LogP) is 2.65. The number of nitrogens with one attached hydrogen (secondary N) is 1. The average molecular weight is 226 g/mol. The topological polar surface area (TPSA) is 46.5 Å². The first-order valence-corrected chi connectivity index (χ1v) is 5.54. The van der Waals surface area contributed by atoms with E-state index in [4.69, 9.17) is 12.2 Å². The van der Waals surface area contributed by atoms with E-state index < -0.39 is 0 Å². The molecule has 2 rings (SSSR count). The van der Waals surface area contributed by atoms with Gasteiger partial charge >= 0.3 is 0 Å². The molecular formula is C8H10N4S2. The van der Waals surface area contributed by atoms with E-state index in [1.165, 1.54) is 0 Å². The maximum atomic E-state index is 5.15. The van der Waals surface area contributed by atoms with Gasteiger partial charge in [0.05, 0.1) is 10.4 Å². The molecule has 74 valence electrons. The molecule has 0 bridgehead atoms. The van der Waals surface area contributed by atoms with Crippen molar-refractivity contribution in [2.24, 2.45) is 0 Å². The lowest BCUT2D eigenvalue weighted by Crippen LogP contribution is -2.02. The third-order valence-electron chi connectivity index (χ3n) is 1.87. The Morgan fingerprint density at radius 1 is 1.57 bits per heavy atom. The molecule has 2 aromatic heterocycles. The number of aromatic nitrogens is 4. The molecule has 0 spiro atoms. The number of hydrogen-bond donors (Lipinski definition) is 1. The lowest BCUT2D eigenvalue weighted by Gasteiger charge is -2.08. The maximum absolute atomic E-state index is 5.15. The lowest BCUT2D eigenvalue weighted by atomic mass is 10.4. The van der Waals surface area contributed by atoms with Crippen LogP contribution in [0.4, 0.5) is 0 Å². The van der Waals surface area contributed by atoms with Gasteiger partial charge in [0.1, 0.15) is 0 Å². The van der Waals surface area contributed by atoms with Crippen LogP contribution in [0.25, 0.3) is 10.7 Å². The Morgan fingerprint density at radius 2 is 2.36 bits per heavy atom. The molecule has 0 saturated heterocycles. The van der Waals surface area contributed by atoms with Gasteiger partial charge in [0.15, 0.2) is 10.6 Å². The molecule has 2 aromatic rings. The summed E-state index contributed by atoms with van der Waals surface area (Å²) in [6.45, 7) is 4.16. The van der Waals surface area contributed by atoms with Crippen molar-refractivity contribution in [1.82, 2.24) is 19.7 Å². The summed E-state index contributed by atoms with van der Waals surface area (Å²) in [5.74, 6) is 0.868. The summed E-state index contributed by atoms with van der Waals surface area (Å²) in [6.07, 6.45) is 1.80. The molecule has 0 atom stereocenters. The number of thiazole rings is 1. The molecular weight excluding hydrogens is 216 g/mol. The van der Waals surface area contributed by atoms with Crippen molar-refractivity contribution in [3.8, 4) is 10.7 Å². The van der Waals surface area contributed by atoms with Crippen LogP contribution in [0.15, 0.2) is 11.7 Å². The van der Waals surface area contributed by atoms with Crippen molar-refractivity contribution in [2.45, 2.75) is 19.9 Å². The molecule has 0 aliphatic carbocycles. The summed E-state index contributed by atoms with van der Waals surface area (Å²) >= 11 is 6.71. The van der Waals surface area contributed by atoms with Crippen LogP contribution < -0.4 is 0 Å². The maximum Gasteiger partial charge on any atom is 0.195 e. The molecule has 0 fully saturated rings. The van der Waals surface area contributed by atoms with Gasteiger partial charge in [-0.05, 0) is 26.1 Å². The van der Waals surface area contributed by atoms with Gasteiger partial charge in [-0.25, -0.2) is 0 Å². The average Bonchev–Trinajstić information content (AvgIpc) is 2.70. The first kappa shape index (κ1) is 9.54. The number of H-pyrrole nitrogens is 1. The van der Waals surface area contributed by atoms with Crippen molar-refractivity contribution in [3.05, 3.63) is 16.5 Å². The Labute approximate surface area is 90.6 Å². The molecule has 0 aromatic carbocycles. The van der Waals surface area contributed by atoms with Crippen molar-refractivity contribution >= 4 is 23.6 Å². The van der Waals surface area contributed by atoms with Crippen LogP contribution in [0.3, 0.4) is 0 Å². The summed E-state index contributed by atoms with van der Waals surface area (Å²) in [5.41, 5.74) is 1.79. The van der Waals surface area contributed by atoms with Crippen molar-refractivity contribution in [3.63, 3.8) is 0 Å². The second-order valence-electron chi connectivity index (χ2n) is 3.18. The lowest BCUT2D eigenvalue weighted by molar-refractivity contribution is 0.597. The Balaban J connectivity index is 2.60. The van der Waals surface area contributed by atoms with Gasteiger partial charge in [0, 0.05) is 12.2 Å². The molecule has 4 nitrogen and oxygen atoms in total. The van der Waals surface area contributed by atoms with E-state index in [0.717, 1.165) is 10.7 Å². The fourth-order valence-electron chi connectivity index (χ4n) is 1.28. The first-order chi connectivity index (χ1) is 6.70. The standard InChI is InChI=1S/C8H10N4S2/c1-5(2)12-7(10-11-8(12)13)6-3-9-4-14-6/h3-5H,1-2H3,(H,11,13). The third-order valence-corrected chi connectivity index (χ3v) is 2.93. The molecule has 0 radical (unpaired) electrons. The molecule has 1 N–H and O–H groups in total. The van der Waals surface area contributed by atoms with Crippen LogP contribution in [0.1, 0.15) is 19.9 Å². The van der Waals surface area contributed by atoms with Crippen molar-refractivity contribution in [2.75, 3.05) is 0 Å². The van der Waals surface area contributed by atoms with Crippen LogP contribution >= 0.6 is 23.6 Å². The van der Waals surface area contributed by atoms with Gasteiger partial charge in [-0.3, -0.25) is 14.6 Å². The van der Waals surface area contributed by atoms with Crippen LogP contribution in [0.2, 0.25) is 0 Å². The molecule has 14 heavy (non-hydrogen) atoms. The van der Waals surface area contributed by atoms with Crippen LogP contribution in [-0.2, 0) is 0 Å². The second-order valence-corrected chi connectivity index (χ2v) is 4.45. The van der Waals surface area contributed by atoms with Gasteiger partial charge in [0.25, 0.3) is 0 Å². The van der Waals surface area contributed by atoms with E-state index in [1.54, 1.807) is 23.0 Å². The van der Waals surface area contributed by atoms with Gasteiger partial charge in [-0.15, -0.1) is 11.3 Å². The fourth-order valence-corrected chi connectivity index (χ4v) is 2.23. The monoisotopic (exact) mass is 226 g/mol. The Bertz CT molecular complexity index is 466. The van der Waals surface area contributed by atoms with E-state index in [-0.39, 0.29) is 0 Å².